The fraction of sp³-hybridized carbons (Fsp3) is 0.812. The van der Waals surface area contributed by atoms with Crippen molar-refractivity contribution in [2.45, 2.75) is 141 Å². The van der Waals surface area contributed by atoms with Crippen molar-refractivity contribution in [1.82, 2.24) is 0 Å². The van der Waals surface area contributed by atoms with E-state index in [1.807, 2.05) is 30.3 Å². The molecule has 0 heterocycles. The van der Waals surface area contributed by atoms with E-state index in [0.29, 0.717) is 35.0 Å². The maximum absolute atomic E-state index is 14.7. The van der Waals surface area contributed by atoms with Gasteiger partial charge in [-0.05, 0) is 104 Å². The summed E-state index contributed by atoms with van der Waals surface area (Å²) in [7, 11) is -6.14. The Kier molecular flexibility index (Phi) is 10.3. The predicted molar refractivity (Wildman–Crippen MR) is 171 cm³/mol. The molecule has 3 rings (SSSR count). The monoisotopic (exact) mass is 577 g/mol. The molecule has 218 valence electrons. The first-order valence-corrected chi connectivity index (χ1v) is 22.8. The van der Waals surface area contributed by atoms with Crippen LogP contribution in [-0.2, 0) is 14.2 Å². The smallest absolute Gasteiger partial charge is 0.193 e. The minimum atomic E-state index is -2.46. The van der Waals surface area contributed by atoms with Gasteiger partial charge in [-0.25, -0.2) is 4.21 Å². The summed E-state index contributed by atoms with van der Waals surface area (Å²) >= 11 is 0. The van der Waals surface area contributed by atoms with Crippen LogP contribution in [0.5, 0.6) is 0 Å². The van der Waals surface area contributed by atoms with E-state index in [-0.39, 0.29) is 5.04 Å². The van der Waals surface area contributed by atoms with Crippen LogP contribution in [0.4, 0.5) is 0 Å². The van der Waals surface area contributed by atoms with Gasteiger partial charge in [0, 0.05) is 16.8 Å². The average Bonchev–Trinajstić information content (AvgIpc) is 3.23. The molecule has 2 aliphatic rings. The van der Waals surface area contributed by atoms with E-state index in [0.717, 1.165) is 11.3 Å². The van der Waals surface area contributed by atoms with Crippen molar-refractivity contribution in [3.05, 3.63) is 30.3 Å². The molecule has 3 nitrogen and oxygen atoms in total. The van der Waals surface area contributed by atoms with E-state index in [4.69, 9.17) is 8.45 Å². The summed E-state index contributed by atoms with van der Waals surface area (Å²) in [4.78, 5) is 0.929. The Morgan fingerprint density at radius 3 is 2.21 bits per heavy atom. The summed E-state index contributed by atoms with van der Waals surface area (Å²) in [6.45, 7) is 23.5. The fourth-order valence-corrected chi connectivity index (χ4v) is 16.7. The van der Waals surface area contributed by atoms with Crippen molar-refractivity contribution in [3.8, 4) is 0 Å². The van der Waals surface area contributed by atoms with Crippen LogP contribution in [0.2, 0.25) is 36.3 Å². The number of hydrogen-bond acceptors (Lipinski definition) is 3. The summed E-state index contributed by atoms with van der Waals surface area (Å²) in [5, 5.41) is 0.0767. The maximum Gasteiger partial charge on any atom is 0.193 e. The molecule has 0 aromatic heterocycles. The quantitative estimate of drug-likeness (QED) is 0.245. The Morgan fingerprint density at radius 1 is 1.05 bits per heavy atom. The minimum absolute atomic E-state index is 0.0767. The van der Waals surface area contributed by atoms with Crippen LogP contribution in [0, 0.1) is 23.2 Å². The van der Waals surface area contributed by atoms with Crippen LogP contribution >= 0.6 is 0 Å². The Bertz CT molecular complexity index is 1020. The van der Waals surface area contributed by atoms with Crippen LogP contribution in [0.15, 0.2) is 39.3 Å². The minimum Gasteiger partial charge on any atom is -0.414 e. The van der Waals surface area contributed by atoms with E-state index >= 15 is 0 Å². The van der Waals surface area contributed by atoms with E-state index in [2.05, 4.69) is 68.5 Å². The molecule has 0 saturated heterocycles. The second-order valence-electron chi connectivity index (χ2n) is 14.4. The van der Waals surface area contributed by atoms with Crippen LogP contribution in [0.3, 0.4) is 0 Å². The van der Waals surface area contributed by atoms with Gasteiger partial charge in [-0.15, -0.1) is 0 Å². The molecule has 6 atom stereocenters. The first-order valence-electron chi connectivity index (χ1n) is 15.7. The predicted octanol–water partition coefficient (Wildman–Crippen LogP) is 10.2. The number of fused-ring (bicyclic) bond motifs is 1. The third-order valence-electron chi connectivity index (χ3n) is 11.3. The number of benzene rings is 1. The first-order chi connectivity index (χ1) is 17.7. The standard InChI is InChI=1S/C32H59NO2SSi2/c1-11-38(12-2,13-3)35-30-20-17-24-32(8)28(21-22-29(30)32)26(4)23-25-36(34,27-18-15-14-16-19-27)33-37(9,10)31(5,6)7/h14-16,18-19,26,28-30H,11-13,17,20-25H2,1-10H3/t26-,28-,29+,30+,32-,36+/m1/s1. The van der Waals surface area contributed by atoms with E-state index < -0.39 is 26.3 Å². The van der Waals surface area contributed by atoms with Gasteiger partial charge in [-0.1, -0.05) is 80.0 Å². The number of rotatable bonds is 11. The Morgan fingerprint density at radius 2 is 1.66 bits per heavy atom. The molecule has 0 radical (unpaired) electrons. The summed E-state index contributed by atoms with van der Waals surface area (Å²) in [5.74, 6) is 2.61. The summed E-state index contributed by atoms with van der Waals surface area (Å²) in [6, 6.07) is 13.9. The fourth-order valence-electron chi connectivity index (χ4n) is 7.46. The van der Waals surface area contributed by atoms with Crippen LogP contribution in [-0.4, -0.2) is 32.6 Å². The van der Waals surface area contributed by atoms with Crippen LogP contribution in [0.1, 0.15) is 93.9 Å². The second-order valence-corrected chi connectivity index (χ2v) is 26.6. The Hall–Kier alpha value is -0.436. The van der Waals surface area contributed by atoms with Gasteiger partial charge >= 0.3 is 0 Å². The van der Waals surface area contributed by atoms with Gasteiger partial charge in [0.15, 0.2) is 16.6 Å². The molecule has 0 amide bonds. The molecule has 0 N–H and O–H groups in total. The lowest BCUT2D eigenvalue weighted by molar-refractivity contribution is -0.0196. The zero-order valence-corrected chi connectivity index (χ0v) is 29.3. The van der Waals surface area contributed by atoms with E-state index in [1.165, 1.54) is 50.2 Å². The SMILES string of the molecule is CC[Si](CC)(CC)O[C@H]1CCC[C@]2(C)[C@@H]([C@H](C)CC[S@@](=O)(=N[Si](C)(C)C(C)(C)C)c3ccccc3)CC[C@@H]12. The molecular weight excluding hydrogens is 519 g/mol. The van der Waals surface area contributed by atoms with Crippen LogP contribution < -0.4 is 0 Å². The lowest BCUT2D eigenvalue weighted by Gasteiger charge is -2.49. The number of hydrogen-bond donors (Lipinski definition) is 0. The molecule has 6 heteroatoms. The average molecular weight is 578 g/mol. The molecule has 1 aromatic carbocycles. The molecule has 38 heavy (non-hydrogen) atoms. The lowest BCUT2D eigenvalue weighted by Crippen LogP contribution is -2.48. The van der Waals surface area contributed by atoms with Crippen molar-refractivity contribution < 1.29 is 8.63 Å². The molecular formula is C32H59NO2SSi2. The first kappa shape index (κ1) is 32.1. The highest BCUT2D eigenvalue weighted by Crippen LogP contribution is 2.59. The summed E-state index contributed by atoms with van der Waals surface area (Å²) < 4.78 is 27.2. The van der Waals surface area contributed by atoms with Crippen molar-refractivity contribution >= 4 is 26.3 Å². The van der Waals surface area contributed by atoms with Gasteiger partial charge in [-0.2, -0.15) is 0 Å². The largest absolute Gasteiger partial charge is 0.414 e. The lowest BCUT2D eigenvalue weighted by atomic mass is 9.61. The Labute approximate surface area is 238 Å². The van der Waals surface area contributed by atoms with Gasteiger partial charge in [-0.3, -0.25) is 4.03 Å². The van der Waals surface area contributed by atoms with Crippen LogP contribution in [0.25, 0.3) is 0 Å². The normalized spacial score (nSPS) is 28.9. The highest BCUT2D eigenvalue weighted by Gasteiger charge is 2.54. The molecule has 0 aliphatic heterocycles. The maximum atomic E-state index is 14.7. The van der Waals surface area contributed by atoms with Crippen molar-refractivity contribution in [3.63, 3.8) is 0 Å². The van der Waals surface area contributed by atoms with Gasteiger partial charge in [0.05, 0.1) is 9.73 Å². The topological polar surface area (TPSA) is 38.7 Å². The molecule has 0 bridgehead atoms. The van der Waals surface area contributed by atoms with E-state index in [9.17, 15) is 4.21 Å². The molecule has 2 aliphatic carbocycles. The third-order valence-corrected chi connectivity index (χ3v) is 24.5. The zero-order valence-electron chi connectivity index (χ0n) is 26.4. The van der Waals surface area contributed by atoms with E-state index in [1.54, 1.807) is 0 Å². The number of nitrogens with zero attached hydrogens (tertiary/aromatic N) is 1. The second kappa shape index (κ2) is 12.2. The summed E-state index contributed by atoms with van der Waals surface area (Å²) in [5.41, 5.74) is 0.349. The van der Waals surface area contributed by atoms with Crippen molar-refractivity contribution in [2.75, 3.05) is 5.75 Å². The van der Waals surface area contributed by atoms with Gasteiger partial charge in [0.1, 0.15) is 0 Å². The highest BCUT2D eigenvalue weighted by molar-refractivity contribution is 7.94. The Balaban J connectivity index is 1.83. The third kappa shape index (κ3) is 6.55. The molecule has 0 unspecified atom stereocenters. The van der Waals surface area contributed by atoms with Crippen molar-refractivity contribution in [1.29, 1.82) is 0 Å². The van der Waals surface area contributed by atoms with Gasteiger partial charge < -0.3 is 4.43 Å². The van der Waals surface area contributed by atoms with Gasteiger partial charge in [0.25, 0.3) is 0 Å². The van der Waals surface area contributed by atoms with Gasteiger partial charge in [0.2, 0.25) is 0 Å². The highest BCUT2D eigenvalue weighted by atomic mass is 32.2. The summed E-state index contributed by atoms with van der Waals surface area (Å²) in [6.07, 6.45) is 7.93. The molecule has 1 aromatic rings. The molecule has 0 spiro atoms. The van der Waals surface area contributed by atoms with Crippen molar-refractivity contribution in [2.24, 2.45) is 27.2 Å². The zero-order chi connectivity index (χ0) is 28.4. The molecule has 2 fully saturated rings. The molecule has 2 saturated carbocycles.